The smallest absolute Gasteiger partial charge is 0.363 e. The van der Waals surface area contributed by atoms with Gasteiger partial charge in [0.25, 0.3) is 5.69 Å². The molecule has 0 bridgehead atoms. The van der Waals surface area contributed by atoms with E-state index in [9.17, 15) is 14.9 Å². The minimum Gasteiger partial charge on any atom is -0.493 e. The van der Waals surface area contributed by atoms with E-state index in [1.807, 2.05) is 6.92 Å². The fourth-order valence-electron chi connectivity index (χ4n) is 2.90. The molecule has 0 unspecified atom stereocenters. The molecule has 30 heavy (non-hydrogen) atoms. The summed E-state index contributed by atoms with van der Waals surface area (Å²) in [5, 5.41) is 11.2. The summed E-state index contributed by atoms with van der Waals surface area (Å²) in [7, 11) is 1.53. The summed E-state index contributed by atoms with van der Waals surface area (Å²) >= 11 is 3.46. The third-order valence-electron chi connectivity index (χ3n) is 4.36. The summed E-state index contributed by atoms with van der Waals surface area (Å²) in [6.45, 7) is 4.13. The van der Waals surface area contributed by atoms with Crippen LogP contribution in [0.5, 0.6) is 11.5 Å². The van der Waals surface area contributed by atoms with Gasteiger partial charge >= 0.3 is 5.97 Å². The highest BCUT2D eigenvalue weighted by molar-refractivity contribution is 9.10. The van der Waals surface area contributed by atoms with Crippen LogP contribution in [0, 0.1) is 17.0 Å². The highest BCUT2D eigenvalue weighted by Crippen LogP contribution is 2.37. The first kappa shape index (κ1) is 21.5. The second-order valence-corrected chi connectivity index (χ2v) is 7.28. The number of cyclic esters (lactones) is 1. The van der Waals surface area contributed by atoms with E-state index in [-0.39, 0.29) is 17.3 Å². The van der Waals surface area contributed by atoms with Crippen molar-refractivity contribution in [3.05, 3.63) is 67.3 Å². The van der Waals surface area contributed by atoms with E-state index in [2.05, 4.69) is 20.9 Å². The maximum Gasteiger partial charge on any atom is 0.363 e. The van der Waals surface area contributed by atoms with Crippen molar-refractivity contribution in [1.82, 2.24) is 0 Å². The fraction of sp³-hybridized carbons (Fsp3) is 0.238. The number of rotatable bonds is 7. The number of hydrogen-bond donors (Lipinski definition) is 0. The number of carbonyl (C=O) groups excluding carboxylic acids is 1. The zero-order valence-corrected chi connectivity index (χ0v) is 18.2. The molecule has 1 aliphatic heterocycles. The third kappa shape index (κ3) is 4.35. The molecule has 0 atom stereocenters. The van der Waals surface area contributed by atoms with Crippen molar-refractivity contribution >= 4 is 39.6 Å². The first-order chi connectivity index (χ1) is 14.3. The van der Waals surface area contributed by atoms with Crippen LogP contribution >= 0.6 is 15.9 Å². The fourth-order valence-corrected chi connectivity index (χ4v) is 3.48. The molecule has 8 nitrogen and oxygen atoms in total. The Morgan fingerprint density at radius 3 is 2.77 bits per heavy atom. The molecule has 2 aromatic rings. The zero-order chi connectivity index (χ0) is 21.8. The Morgan fingerprint density at radius 2 is 2.10 bits per heavy atom. The molecular weight excluding hydrogens is 456 g/mol. The summed E-state index contributed by atoms with van der Waals surface area (Å²) in [5.74, 6) is 0.473. The van der Waals surface area contributed by atoms with Crippen LogP contribution in [-0.4, -0.2) is 30.5 Å². The zero-order valence-electron chi connectivity index (χ0n) is 16.6. The predicted octanol–water partition coefficient (Wildman–Crippen LogP) is 4.81. The summed E-state index contributed by atoms with van der Waals surface area (Å²) in [6.07, 6.45) is 2.40. The van der Waals surface area contributed by atoms with Gasteiger partial charge in [-0.05, 0) is 59.1 Å². The van der Waals surface area contributed by atoms with Crippen LogP contribution in [0.25, 0.3) is 6.08 Å². The highest BCUT2D eigenvalue weighted by Gasteiger charge is 2.27. The van der Waals surface area contributed by atoms with Gasteiger partial charge < -0.3 is 14.2 Å². The molecule has 9 heteroatoms. The van der Waals surface area contributed by atoms with E-state index in [1.54, 1.807) is 31.2 Å². The van der Waals surface area contributed by atoms with Crippen molar-refractivity contribution in [1.29, 1.82) is 0 Å². The number of esters is 1. The number of nitro groups is 1. The Balaban J connectivity index is 1.98. The molecule has 1 aliphatic rings. The quantitative estimate of drug-likeness (QED) is 0.247. The van der Waals surface area contributed by atoms with Crippen molar-refractivity contribution < 1.29 is 23.9 Å². The predicted molar refractivity (Wildman–Crippen MR) is 115 cm³/mol. The molecule has 0 radical (unpaired) electrons. The molecule has 0 aromatic heterocycles. The maximum absolute atomic E-state index is 12.3. The Labute approximate surface area is 181 Å². The third-order valence-corrected chi connectivity index (χ3v) is 4.95. The first-order valence-corrected chi connectivity index (χ1v) is 9.92. The van der Waals surface area contributed by atoms with Gasteiger partial charge in [0, 0.05) is 17.2 Å². The van der Waals surface area contributed by atoms with Gasteiger partial charge in [-0.15, -0.1) is 0 Å². The summed E-state index contributed by atoms with van der Waals surface area (Å²) in [5.41, 5.74) is 1.42. The number of benzene rings is 2. The average Bonchev–Trinajstić information content (AvgIpc) is 3.06. The Kier molecular flexibility index (Phi) is 6.51. The number of ether oxygens (including phenoxy) is 3. The van der Waals surface area contributed by atoms with E-state index < -0.39 is 10.9 Å². The van der Waals surface area contributed by atoms with Crippen molar-refractivity contribution in [2.45, 2.75) is 20.3 Å². The average molecular weight is 475 g/mol. The SMILES string of the molecule is CCCOc1c(Br)cc(/C=C2\N=C(c3cccc([N+](=O)[O-])c3C)OC2=O)cc1OC. The number of nitrogens with zero attached hydrogens (tertiary/aromatic N) is 2. The lowest BCUT2D eigenvalue weighted by molar-refractivity contribution is -0.385. The lowest BCUT2D eigenvalue weighted by Crippen LogP contribution is -2.08. The molecule has 1 heterocycles. The molecule has 0 N–H and O–H groups in total. The lowest BCUT2D eigenvalue weighted by Gasteiger charge is -2.13. The number of methoxy groups -OCH3 is 1. The largest absolute Gasteiger partial charge is 0.493 e. The number of nitro benzene ring substituents is 1. The topological polar surface area (TPSA) is 100 Å². The van der Waals surface area contributed by atoms with Crippen LogP contribution in [0.4, 0.5) is 5.69 Å². The van der Waals surface area contributed by atoms with E-state index in [1.165, 1.54) is 19.2 Å². The molecule has 0 saturated carbocycles. The molecule has 0 aliphatic carbocycles. The van der Waals surface area contributed by atoms with Gasteiger partial charge in [-0.25, -0.2) is 9.79 Å². The number of halogens is 1. The summed E-state index contributed by atoms with van der Waals surface area (Å²) in [6, 6.07) is 8.04. The standard InChI is InChI=1S/C21H19BrN2O6/c1-4-8-29-19-15(22)9-13(11-18(19)28-3)10-16-21(25)30-20(23-16)14-6-5-7-17(12(14)2)24(26)27/h5-7,9-11H,4,8H2,1-3H3/b16-10-. The Hall–Kier alpha value is -3.20. The normalized spacial score (nSPS) is 14.5. The summed E-state index contributed by atoms with van der Waals surface area (Å²) < 4.78 is 17.0. The molecule has 3 rings (SSSR count). The second kappa shape index (κ2) is 9.08. The van der Waals surface area contributed by atoms with E-state index in [0.717, 1.165) is 6.42 Å². The molecule has 0 amide bonds. The van der Waals surface area contributed by atoms with Crippen LogP contribution in [0.3, 0.4) is 0 Å². The molecule has 0 saturated heterocycles. The van der Waals surface area contributed by atoms with Gasteiger partial charge in [0.05, 0.1) is 23.1 Å². The molecule has 0 spiro atoms. The van der Waals surface area contributed by atoms with Gasteiger partial charge in [-0.2, -0.15) is 0 Å². The van der Waals surface area contributed by atoms with Crippen LogP contribution < -0.4 is 9.47 Å². The van der Waals surface area contributed by atoms with Crippen molar-refractivity contribution in [2.24, 2.45) is 4.99 Å². The van der Waals surface area contributed by atoms with Gasteiger partial charge in [0.2, 0.25) is 5.90 Å². The lowest BCUT2D eigenvalue weighted by atomic mass is 10.1. The molecule has 2 aromatic carbocycles. The minimum atomic E-state index is -0.641. The number of aliphatic imine (C=N–C) groups is 1. The molecular formula is C21H19BrN2O6. The van der Waals surface area contributed by atoms with Crippen LogP contribution in [0.15, 0.2) is 45.5 Å². The van der Waals surface area contributed by atoms with Crippen LogP contribution in [-0.2, 0) is 9.53 Å². The second-order valence-electron chi connectivity index (χ2n) is 6.43. The van der Waals surface area contributed by atoms with Gasteiger partial charge in [-0.3, -0.25) is 10.1 Å². The van der Waals surface area contributed by atoms with Crippen molar-refractivity contribution in [2.75, 3.05) is 13.7 Å². The van der Waals surface area contributed by atoms with Crippen LogP contribution in [0.1, 0.15) is 30.0 Å². The van der Waals surface area contributed by atoms with Gasteiger partial charge in [0.15, 0.2) is 17.2 Å². The minimum absolute atomic E-state index is 0.0291. The van der Waals surface area contributed by atoms with Gasteiger partial charge in [0.1, 0.15) is 0 Å². The van der Waals surface area contributed by atoms with E-state index in [0.29, 0.717) is 39.3 Å². The maximum atomic E-state index is 12.3. The Bertz CT molecular complexity index is 1080. The first-order valence-electron chi connectivity index (χ1n) is 9.13. The van der Waals surface area contributed by atoms with E-state index in [4.69, 9.17) is 14.2 Å². The molecule has 0 fully saturated rings. The van der Waals surface area contributed by atoms with E-state index >= 15 is 0 Å². The highest BCUT2D eigenvalue weighted by atomic mass is 79.9. The van der Waals surface area contributed by atoms with Crippen molar-refractivity contribution in [3.8, 4) is 11.5 Å². The number of hydrogen-bond acceptors (Lipinski definition) is 7. The Morgan fingerprint density at radius 1 is 1.33 bits per heavy atom. The molecule has 156 valence electrons. The van der Waals surface area contributed by atoms with Crippen LogP contribution in [0.2, 0.25) is 0 Å². The number of carbonyl (C=O) groups is 1. The van der Waals surface area contributed by atoms with Gasteiger partial charge in [-0.1, -0.05) is 13.0 Å². The summed E-state index contributed by atoms with van der Waals surface area (Å²) in [4.78, 5) is 27.3. The van der Waals surface area contributed by atoms with Crippen molar-refractivity contribution in [3.63, 3.8) is 0 Å². The monoisotopic (exact) mass is 474 g/mol.